The molecule has 0 N–H and O–H groups in total. The fourth-order valence-corrected chi connectivity index (χ4v) is 7.85. The molecule has 4 aliphatic heterocycles. The van der Waals surface area contributed by atoms with Gasteiger partial charge in [0.1, 0.15) is 21.7 Å². The topological polar surface area (TPSA) is 72.9 Å². The quantitative estimate of drug-likeness (QED) is 0.566. The molecular weight excluding hydrogens is 490 g/mol. The van der Waals surface area contributed by atoms with Crippen molar-refractivity contribution < 1.29 is 0 Å². The maximum absolute atomic E-state index is 11.1. The van der Waals surface area contributed by atoms with Gasteiger partial charge in [-0.05, 0) is 44.1 Å². The zero-order chi connectivity index (χ0) is 26.4. The molecule has 2 aromatic rings. The van der Waals surface area contributed by atoms with E-state index in [9.17, 15) is 10.5 Å². The van der Waals surface area contributed by atoms with Crippen LogP contribution in [-0.2, 0) is 13.1 Å². The Balaban J connectivity index is 1.45. The minimum absolute atomic E-state index is 0.515. The zero-order valence-corrected chi connectivity index (χ0v) is 22.7. The van der Waals surface area contributed by atoms with Crippen molar-refractivity contribution >= 4 is 23.0 Å². The van der Waals surface area contributed by atoms with Crippen molar-refractivity contribution in [3.8, 4) is 12.1 Å². The molecule has 2 unspecified atom stereocenters. The molecule has 4 heterocycles. The Bertz CT molecular complexity index is 1320. The summed E-state index contributed by atoms with van der Waals surface area (Å²) in [6, 6.07) is 26.3. The van der Waals surface area contributed by atoms with E-state index in [-0.39, 0.29) is 0 Å². The van der Waals surface area contributed by atoms with Gasteiger partial charge in [0.25, 0.3) is 0 Å². The van der Waals surface area contributed by atoms with Crippen LogP contribution in [0.25, 0.3) is 0 Å². The van der Waals surface area contributed by atoms with E-state index in [0.29, 0.717) is 38.0 Å². The second kappa shape index (κ2) is 9.55. The Labute approximate surface area is 230 Å². The normalized spacial score (nSPS) is 29.3. The van der Waals surface area contributed by atoms with Gasteiger partial charge in [0.05, 0.1) is 25.5 Å². The largest absolute Gasteiger partial charge is 0.308 e. The summed E-state index contributed by atoms with van der Waals surface area (Å²) in [5.41, 5.74) is -0.0233. The average Bonchev–Trinajstić information content (AvgIpc) is 2.95. The van der Waals surface area contributed by atoms with Crippen LogP contribution in [0.15, 0.2) is 65.7 Å². The highest BCUT2D eigenvalue weighted by Crippen LogP contribution is 2.65. The number of aliphatic imine (C=N–C) groups is 1. The predicted octanol–water partition coefficient (Wildman–Crippen LogP) is 3.71. The summed E-state index contributed by atoms with van der Waals surface area (Å²) in [6.07, 6.45) is 1.54. The van der Waals surface area contributed by atoms with Crippen LogP contribution in [0.3, 0.4) is 0 Å². The molecule has 2 aromatic carbocycles. The van der Waals surface area contributed by atoms with Gasteiger partial charge in [-0.15, -0.1) is 0 Å². The number of nitrogens with zero attached hydrogens (tertiary/aromatic N) is 7. The maximum atomic E-state index is 11.1. The number of piperidine rings is 3. The monoisotopic (exact) mass is 523 g/mol. The van der Waals surface area contributed by atoms with Gasteiger partial charge < -0.3 is 9.80 Å². The average molecular weight is 524 g/mol. The molecule has 8 heteroatoms. The fraction of sp³-hybridized carbons (Fsp3) is 0.467. The van der Waals surface area contributed by atoms with Crippen LogP contribution in [0.2, 0.25) is 0 Å². The minimum atomic E-state index is -0.943. The molecule has 3 fully saturated rings. The van der Waals surface area contributed by atoms with E-state index in [2.05, 4.69) is 63.1 Å². The first-order chi connectivity index (χ1) is 18.5. The van der Waals surface area contributed by atoms with Crippen molar-refractivity contribution in [2.75, 3.05) is 46.6 Å². The number of thiocarbonyl (C=S) groups is 1. The van der Waals surface area contributed by atoms with Gasteiger partial charge in [-0.1, -0.05) is 72.9 Å². The summed E-state index contributed by atoms with van der Waals surface area (Å²) < 4.78 is 0. The van der Waals surface area contributed by atoms with Gasteiger partial charge in [-0.25, -0.2) is 0 Å². The molecule has 0 radical (unpaired) electrons. The second-order valence-corrected chi connectivity index (χ2v) is 11.7. The van der Waals surface area contributed by atoms with Crippen LogP contribution >= 0.6 is 12.2 Å². The van der Waals surface area contributed by atoms with Gasteiger partial charge >= 0.3 is 0 Å². The predicted molar refractivity (Wildman–Crippen MR) is 151 cm³/mol. The van der Waals surface area contributed by atoms with Crippen LogP contribution in [0, 0.1) is 38.9 Å². The van der Waals surface area contributed by atoms with E-state index in [4.69, 9.17) is 17.2 Å². The molecule has 7 nitrogen and oxygen atoms in total. The van der Waals surface area contributed by atoms with E-state index in [1.807, 2.05) is 36.4 Å². The standard InChI is InChI=1S/C30H33N7S/c1-34-14-12-30(13-15-34)28(18-31)20-35(16-24-8-4-2-5-9-24)21-29(30,19-32)27(38)37-23-36(22-33-26(28)37)17-25-10-6-3-7-11-25/h2-11H,12-17,20-23H2,1H3. The number of nitriles is 2. The highest BCUT2D eigenvalue weighted by molar-refractivity contribution is 7.80. The summed E-state index contributed by atoms with van der Waals surface area (Å²) in [5.74, 6) is 0.780. The van der Waals surface area contributed by atoms with Crippen molar-refractivity contribution in [1.82, 2.24) is 19.6 Å². The summed E-state index contributed by atoms with van der Waals surface area (Å²) in [4.78, 5) is 14.7. The molecule has 4 aliphatic rings. The van der Waals surface area contributed by atoms with Gasteiger partial charge in [-0.2, -0.15) is 10.5 Å². The lowest BCUT2D eigenvalue weighted by molar-refractivity contribution is -0.0963. The van der Waals surface area contributed by atoms with Crippen molar-refractivity contribution in [3.05, 3.63) is 71.8 Å². The van der Waals surface area contributed by atoms with Gasteiger partial charge in [-0.3, -0.25) is 14.8 Å². The molecule has 3 saturated heterocycles. The van der Waals surface area contributed by atoms with E-state index in [0.717, 1.165) is 38.3 Å². The number of likely N-dealkylation sites (tertiary alicyclic amines) is 2. The van der Waals surface area contributed by atoms with Crippen LogP contribution in [0.4, 0.5) is 0 Å². The van der Waals surface area contributed by atoms with Crippen LogP contribution in [0.5, 0.6) is 0 Å². The Hall–Kier alpha value is -3.14. The molecular formula is C30H33N7S. The van der Waals surface area contributed by atoms with Crippen molar-refractivity contribution in [3.63, 3.8) is 0 Å². The minimum Gasteiger partial charge on any atom is -0.308 e. The van der Waals surface area contributed by atoms with E-state index >= 15 is 0 Å². The van der Waals surface area contributed by atoms with E-state index in [1.54, 1.807) is 0 Å². The number of hydrogen-bond acceptors (Lipinski definition) is 7. The lowest BCUT2D eigenvalue weighted by atomic mass is 9.43. The maximum Gasteiger partial charge on any atom is 0.135 e. The lowest BCUT2D eigenvalue weighted by Gasteiger charge is -2.68. The molecule has 0 aromatic heterocycles. The molecule has 6 rings (SSSR count). The Morgan fingerprint density at radius 3 is 1.97 bits per heavy atom. The molecule has 0 saturated carbocycles. The summed E-state index contributed by atoms with van der Waals surface area (Å²) in [7, 11) is 2.12. The fourth-order valence-electron chi connectivity index (χ4n) is 7.40. The third kappa shape index (κ3) is 3.63. The Morgan fingerprint density at radius 1 is 0.842 bits per heavy atom. The first kappa shape index (κ1) is 25.2. The number of benzene rings is 2. The highest BCUT2D eigenvalue weighted by atomic mass is 32.1. The van der Waals surface area contributed by atoms with Gasteiger partial charge in [0.2, 0.25) is 0 Å². The SMILES string of the molecule is CN1CCC2(CC1)C1(C#N)CN(Cc3ccccc3)CC2(C#N)C2=NCN(Cc3ccccc3)CN2C1=S. The van der Waals surface area contributed by atoms with Crippen molar-refractivity contribution in [2.45, 2.75) is 25.9 Å². The number of fused-ring (bicyclic) bond motifs is 2. The van der Waals surface area contributed by atoms with Crippen LogP contribution < -0.4 is 0 Å². The molecule has 194 valence electrons. The third-order valence-corrected chi connectivity index (χ3v) is 9.85. The van der Waals surface area contributed by atoms with Crippen molar-refractivity contribution in [1.29, 1.82) is 10.5 Å². The first-order valence-electron chi connectivity index (χ1n) is 13.4. The van der Waals surface area contributed by atoms with E-state index < -0.39 is 16.2 Å². The van der Waals surface area contributed by atoms with Gasteiger partial charge in [0, 0.05) is 31.6 Å². The van der Waals surface area contributed by atoms with Gasteiger partial charge in [0.15, 0.2) is 0 Å². The lowest BCUT2D eigenvalue weighted by Crippen LogP contribution is -2.79. The number of rotatable bonds is 4. The number of amidine groups is 1. The third-order valence-electron chi connectivity index (χ3n) is 9.29. The van der Waals surface area contributed by atoms with Crippen molar-refractivity contribution in [2.24, 2.45) is 21.2 Å². The molecule has 2 bridgehead atoms. The van der Waals surface area contributed by atoms with E-state index in [1.165, 1.54) is 11.1 Å². The Morgan fingerprint density at radius 2 is 1.39 bits per heavy atom. The molecule has 1 spiro atoms. The molecule has 0 aliphatic carbocycles. The second-order valence-electron chi connectivity index (χ2n) is 11.4. The smallest absolute Gasteiger partial charge is 0.135 e. The first-order valence-corrected chi connectivity index (χ1v) is 13.8. The van der Waals surface area contributed by atoms with Crippen LogP contribution in [0.1, 0.15) is 24.0 Å². The molecule has 0 amide bonds. The molecule has 2 atom stereocenters. The molecule has 38 heavy (non-hydrogen) atoms. The van der Waals surface area contributed by atoms with Crippen LogP contribution in [-0.4, -0.2) is 77.0 Å². The Kier molecular flexibility index (Phi) is 6.32. The highest BCUT2D eigenvalue weighted by Gasteiger charge is 2.75. The zero-order valence-electron chi connectivity index (χ0n) is 21.9. The summed E-state index contributed by atoms with van der Waals surface area (Å²) in [5, 5.41) is 22.2. The summed E-state index contributed by atoms with van der Waals surface area (Å²) >= 11 is 6.28. The number of hydrogen-bond donors (Lipinski definition) is 0. The summed E-state index contributed by atoms with van der Waals surface area (Å²) in [6.45, 7) is 5.28.